The van der Waals surface area contributed by atoms with E-state index in [1.807, 2.05) is 12.1 Å². The van der Waals surface area contributed by atoms with Crippen molar-refractivity contribution in [1.82, 2.24) is 9.88 Å². The van der Waals surface area contributed by atoms with Crippen LogP contribution in [-0.4, -0.2) is 43.3 Å². The highest BCUT2D eigenvalue weighted by Crippen LogP contribution is 2.35. The number of hydrogen-bond donors (Lipinski definition) is 1. The molecule has 0 amide bonds. The molecule has 1 aromatic heterocycles. The Morgan fingerprint density at radius 2 is 1.92 bits per heavy atom. The molecule has 2 aromatic rings. The maximum atomic E-state index is 12.3. The van der Waals surface area contributed by atoms with Crippen molar-refractivity contribution in [2.24, 2.45) is 5.92 Å². The van der Waals surface area contributed by atoms with Gasteiger partial charge in [-0.25, -0.2) is 0 Å². The van der Waals surface area contributed by atoms with Crippen LogP contribution >= 0.6 is 0 Å². The molecule has 1 fully saturated rings. The SMILES string of the molecule is CC(c1c[nH]c2cccc(OCC3CCC(OC(F)F)CC3)c12)N(C)C. The Hall–Kier alpha value is -1.66. The van der Waals surface area contributed by atoms with E-state index in [1.54, 1.807) is 0 Å². The number of nitrogens with zero attached hydrogens (tertiary/aromatic N) is 1. The smallest absolute Gasteiger partial charge is 0.345 e. The second-order valence-electron chi connectivity index (χ2n) is 7.41. The van der Waals surface area contributed by atoms with Gasteiger partial charge in [-0.1, -0.05) is 6.07 Å². The lowest BCUT2D eigenvalue weighted by atomic mass is 9.88. The van der Waals surface area contributed by atoms with E-state index in [0.29, 0.717) is 25.4 Å². The second kappa shape index (κ2) is 8.35. The summed E-state index contributed by atoms with van der Waals surface area (Å²) in [6.45, 7) is 0.113. The number of hydrogen-bond acceptors (Lipinski definition) is 3. The molecule has 1 aliphatic carbocycles. The first-order chi connectivity index (χ1) is 12.5. The van der Waals surface area contributed by atoms with Gasteiger partial charge in [0.05, 0.1) is 12.7 Å². The highest BCUT2D eigenvalue weighted by atomic mass is 19.3. The summed E-state index contributed by atoms with van der Waals surface area (Å²) in [5.74, 6) is 1.27. The molecule has 1 N–H and O–H groups in total. The fourth-order valence-electron chi connectivity index (χ4n) is 3.69. The van der Waals surface area contributed by atoms with Gasteiger partial charge in [-0.2, -0.15) is 8.78 Å². The minimum absolute atomic E-state index is 0.274. The fraction of sp³-hybridized carbons (Fsp3) is 0.600. The molecule has 0 saturated heterocycles. The largest absolute Gasteiger partial charge is 0.493 e. The van der Waals surface area contributed by atoms with E-state index in [0.717, 1.165) is 29.5 Å². The van der Waals surface area contributed by atoms with Crippen LogP contribution in [0.25, 0.3) is 10.9 Å². The number of aromatic nitrogens is 1. The van der Waals surface area contributed by atoms with E-state index < -0.39 is 6.61 Å². The van der Waals surface area contributed by atoms with Gasteiger partial charge in [0.1, 0.15) is 5.75 Å². The maximum Gasteiger partial charge on any atom is 0.345 e. The van der Waals surface area contributed by atoms with Crippen molar-refractivity contribution in [2.45, 2.75) is 51.4 Å². The van der Waals surface area contributed by atoms with Gasteiger partial charge in [-0.3, -0.25) is 0 Å². The molecular weight excluding hydrogens is 338 g/mol. The van der Waals surface area contributed by atoms with Crippen LogP contribution in [0, 0.1) is 5.92 Å². The van der Waals surface area contributed by atoms with Crippen LogP contribution in [-0.2, 0) is 4.74 Å². The Morgan fingerprint density at radius 3 is 2.58 bits per heavy atom. The Labute approximate surface area is 153 Å². The third-order valence-corrected chi connectivity index (χ3v) is 5.49. The molecule has 0 spiro atoms. The quantitative estimate of drug-likeness (QED) is 0.752. The average Bonchev–Trinajstić information content (AvgIpc) is 3.04. The molecule has 1 aliphatic rings. The summed E-state index contributed by atoms with van der Waals surface area (Å²) in [5, 5.41) is 1.13. The molecular formula is C20H28F2N2O2. The van der Waals surface area contributed by atoms with E-state index in [9.17, 15) is 8.78 Å². The molecule has 0 bridgehead atoms. The van der Waals surface area contributed by atoms with Gasteiger partial charge in [-0.05, 0) is 70.3 Å². The number of aromatic amines is 1. The van der Waals surface area contributed by atoms with Crippen LogP contribution < -0.4 is 4.74 Å². The van der Waals surface area contributed by atoms with Crippen LogP contribution in [0.1, 0.15) is 44.2 Å². The maximum absolute atomic E-state index is 12.3. The van der Waals surface area contributed by atoms with Crippen LogP contribution in [0.2, 0.25) is 0 Å². The van der Waals surface area contributed by atoms with Crippen LogP contribution in [0.5, 0.6) is 5.75 Å². The second-order valence-corrected chi connectivity index (χ2v) is 7.41. The van der Waals surface area contributed by atoms with Crippen molar-refractivity contribution in [1.29, 1.82) is 0 Å². The number of halogens is 2. The number of benzene rings is 1. The Morgan fingerprint density at radius 1 is 1.19 bits per heavy atom. The molecule has 0 aliphatic heterocycles. The Kier molecular flexibility index (Phi) is 6.14. The monoisotopic (exact) mass is 366 g/mol. The molecule has 1 aromatic carbocycles. The fourth-order valence-corrected chi connectivity index (χ4v) is 3.69. The molecule has 3 rings (SSSR count). The molecule has 0 radical (unpaired) electrons. The highest BCUT2D eigenvalue weighted by Gasteiger charge is 2.25. The van der Waals surface area contributed by atoms with Crippen molar-refractivity contribution in [3.63, 3.8) is 0 Å². The molecule has 1 saturated carbocycles. The molecule has 1 heterocycles. The van der Waals surface area contributed by atoms with Crippen molar-refractivity contribution in [3.8, 4) is 5.75 Å². The first-order valence-electron chi connectivity index (χ1n) is 9.28. The third kappa shape index (κ3) is 4.35. The third-order valence-electron chi connectivity index (χ3n) is 5.49. The van der Waals surface area contributed by atoms with E-state index in [-0.39, 0.29) is 12.1 Å². The first-order valence-corrected chi connectivity index (χ1v) is 9.28. The summed E-state index contributed by atoms with van der Waals surface area (Å²) in [4.78, 5) is 5.50. The van der Waals surface area contributed by atoms with Crippen LogP contribution in [0.4, 0.5) is 8.78 Å². The number of rotatable bonds is 7. The average molecular weight is 366 g/mol. The molecule has 1 unspecified atom stereocenters. The summed E-state index contributed by atoms with van der Waals surface area (Å²) in [5.41, 5.74) is 2.29. The molecule has 4 nitrogen and oxygen atoms in total. The number of ether oxygens (including phenoxy) is 2. The lowest BCUT2D eigenvalue weighted by Crippen LogP contribution is -2.26. The summed E-state index contributed by atoms with van der Waals surface area (Å²) in [6.07, 6.45) is 4.82. The number of nitrogens with one attached hydrogen (secondary N) is 1. The predicted molar refractivity (Wildman–Crippen MR) is 98.7 cm³/mol. The van der Waals surface area contributed by atoms with Gasteiger partial charge in [0.25, 0.3) is 0 Å². The molecule has 1 atom stereocenters. The van der Waals surface area contributed by atoms with Gasteiger partial charge in [0.2, 0.25) is 0 Å². The lowest BCUT2D eigenvalue weighted by Gasteiger charge is -2.28. The van der Waals surface area contributed by atoms with E-state index in [2.05, 4.69) is 47.9 Å². The molecule has 6 heteroatoms. The highest BCUT2D eigenvalue weighted by molar-refractivity contribution is 5.89. The van der Waals surface area contributed by atoms with Crippen molar-refractivity contribution in [3.05, 3.63) is 30.0 Å². The van der Waals surface area contributed by atoms with Gasteiger partial charge < -0.3 is 19.4 Å². The summed E-state index contributed by atoms with van der Waals surface area (Å²) < 4.78 is 35.4. The van der Waals surface area contributed by atoms with Crippen molar-refractivity contribution in [2.75, 3.05) is 20.7 Å². The van der Waals surface area contributed by atoms with Gasteiger partial charge >= 0.3 is 6.61 Å². The molecule has 144 valence electrons. The number of fused-ring (bicyclic) bond motifs is 1. The van der Waals surface area contributed by atoms with Crippen LogP contribution in [0.3, 0.4) is 0 Å². The van der Waals surface area contributed by atoms with E-state index in [4.69, 9.17) is 4.74 Å². The minimum atomic E-state index is -2.67. The standard InChI is InChI=1S/C20H28F2N2O2/c1-13(24(2)3)16-11-23-17-5-4-6-18(19(16)17)25-12-14-7-9-15(10-8-14)26-20(21)22/h4-6,11,13-15,20,23H,7-10,12H2,1-3H3. The number of H-pyrrole nitrogens is 1. The Bertz CT molecular complexity index is 709. The van der Waals surface area contributed by atoms with Gasteiger partial charge in [-0.15, -0.1) is 0 Å². The zero-order valence-corrected chi connectivity index (χ0v) is 15.7. The minimum Gasteiger partial charge on any atom is -0.493 e. The van der Waals surface area contributed by atoms with E-state index in [1.165, 1.54) is 5.56 Å². The van der Waals surface area contributed by atoms with E-state index >= 15 is 0 Å². The first kappa shape index (κ1) is 19.1. The predicted octanol–water partition coefficient (Wildman–Crippen LogP) is 4.97. The topological polar surface area (TPSA) is 37.5 Å². The zero-order chi connectivity index (χ0) is 18.7. The zero-order valence-electron chi connectivity index (χ0n) is 15.7. The van der Waals surface area contributed by atoms with Gasteiger partial charge in [0.15, 0.2) is 0 Å². The summed E-state index contributed by atoms with van der Waals surface area (Å²) in [6, 6.07) is 6.33. The summed E-state index contributed by atoms with van der Waals surface area (Å²) >= 11 is 0. The number of alkyl halides is 2. The molecule has 26 heavy (non-hydrogen) atoms. The normalized spacial score (nSPS) is 22.3. The van der Waals surface area contributed by atoms with Gasteiger partial charge in [0, 0.05) is 23.1 Å². The lowest BCUT2D eigenvalue weighted by molar-refractivity contribution is -0.171. The van der Waals surface area contributed by atoms with Crippen molar-refractivity contribution < 1.29 is 18.3 Å². The Balaban J connectivity index is 1.65. The summed E-state index contributed by atoms with van der Waals surface area (Å²) in [7, 11) is 4.12. The van der Waals surface area contributed by atoms with Crippen molar-refractivity contribution >= 4 is 10.9 Å². The van der Waals surface area contributed by atoms with Crippen LogP contribution in [0.15, 0.2) is 24.4 Å².